The number of hydroxylamine groups is 1. The molecule has 3 rings (SSSR count). The van der Waals surface area contributed by atoms with Crippen molar-refractivity contribution in [3.8, 4) is 0 Å². The van der Waals surface area contributed by atoms with Crippen molar-refractivity contribution >= 4 is 17.8 Å². The second-order valence-electron chi connectivity index (χ2n) is 8.91. The molecular weight excluding hydrogens is 430 g/mol. The molecule has 0 radical (unpaired) electrons. The quantitative estimate of drug-likeness (QED) is 0.362. The average molecular weight is 468 g/mol. The fourth-order valence-electron chi connectivity index (χ4n) is 3.75. The average Bonchev–Trinajstić information content (AvgIpc) is 2.86. The first-order valence-corrected chi connectivity index (χ1v) is 12.1. The van der Waals surface area contributed by atoms with E-state index in [2.05, 4.69) is 76.8 Å². The Bertz CT molecular complexity index is 883. The maximum Gasteiger partial charge on any atom is 0.267 e. The predicted molar refractivity (Wildman–Crippen MR) is 134 cm³/mol. The Morgan fingerprint density at radius 2 is 2.03 bits per heavy atom. The Kier molecular flexibility index (Phi) is 10.5. The van der Waals surface area contributed by atoms with Gasteiger partial charge in [-0.15, -0.1) is 0 Å². The summed E-state index contributed by atoms with van der Waals surface area (Å²) in [5, 5.41) is 3.42. The summed E-state index contributed by atoms with van der Waals surface area (Å²) < 4.78 is 5.41. The van der Waals surface area contributed by atoms with Gasteiger partial charge in [-0.05, 0) is 51.7 Å². The molecule has 0 aliphatic carbocycles. The monoisotopic (exact) mass is 467 g/mol. The van der Waals surface area contributed by atoms with Crippen LogP contribution < -0.4 is 10.8 Å². The fourth-order valence-corrected chi connectivity index (χ4v) is 3.75. The molecule has 2 heterocycles. The van der Waals surface area contributed by atoms with E-state index in [9.17, 15) is 4.79 Å². The number of hydrogen-bond donors (Lipinski definition) is 2. The van der Waals surface area contributed by atoms with Crippen molar-refractivity contribution in [2.45, 2.75) is 64.8 Å². The molecule has 8 heteroatoms. The zero-order valence-corrected chi connectivity index (χ0v) is 20.4. The van der Waals surface area contributed by atoms with Crippen LogP contribution in [0.2, 0.25) is 0 Å². The van der Waals surface area contributed by atoms with Crippen molar-refractivity contribution in [2.75, 3.05) is 25.0 Å². The van der Waals surface area contributed by atoms with Gasteiger partial charge < -0.3 is 10.1 Å². The Morgan fingerprint density at radius 1 is 1.21 bits per heavy atom. The van der Waals surface area contributed by atoms with Crippen LogP contribution in [0.1, 0.15) is 51.3 Å². The Hall–Kier alpha value is -2.81. The number of anilines is 1. The van der Waals surface area contributed by atoms with E-state index in [0.717, 1.165) is 38.8 Å². The minimum absolute atomic E-state index is 0.207. The maximum atomic E-state index is 11.9. The Morgan fingerprint density at radius 3 is 2.71 bits per heavy atom. The van der Waals surface area contributed by atoms with Crippen molar-refractivity contribution in [3.05, 3.63) is 60.1 Å². The molecule has 1 saturated heterocycles. The summed E-state index contributed by atoms with van der Waals surface area (Å²) in [5.41, 5.74) is 4.34. The van der Waals surface area contributed by atoms with Crippen molar-refractivity contribution in [3.63, 3.8) is 0 Å². The number of hydrogen-bond acceptors (Lipinski definition) is 7. The van der Waals surface area contributed by atoms with Crippen molar-refractivity contribution in [2.24, 2.45) is 0 Å². The van der Waals surface area contributed by atoms with E-state index >= 15 is 0 Å². The first-order valence-electron chi connectivity index (χ1n) is 12.1. The molecule has 0 saturated carbocycles. The zero-order chi connectivity index (χ0) is 24.2. The van der Waals surface area contributed by atoms with Crippen LogP contribution in [-0.4, -0.2) is 58.8 Å². The predicted octanol–water partition coefficient (Wildman–Crippen LogP) is 3.82. The van der Waals surface area contributed by atoms with Crippen LogP contribution in [0, 0.1) is 0 Å². The highest BCUT2D eigenvalue weighted by Gasteiger charge is 2.15. The van der Waals surface area contributed by atoms with Gasteiger partial charge in [0.2, 0.25) is 0 Å². The molecule has 8 nitrogen and oxygen atoms in total. The number of nitrogens with zero attached hydrogens (tertiary/aromatic N) is 3. The second kappa shape index (κ2) is 13.8. The van der Waals surface area contributed by atoms with Crippen molar-refractivity contribution in [1.82, 2.24) is 20.3 Å². The summed E-state index contributed by atoms with van der Waals surface area (Å²) in [4.78, 5) is 28.5. The number of rotatable bonds is 12. The largest absolute Gasteiger partial charge is 0.365 e. The highest BCUT2D eigenvalue weighted by molar-refractivity contribution is 5.90. The molecule has 0 spiro atoms. The molecule has 1 fully saturated rings. The minimum Gasteiger partial charge on any atom is -0.365 e. The van der Waals surface area contributed by atoms with Crippen LogP contribution in [0.15, 0.2) is 48.8 Å². The SMILES string of the molecule is CC(C)N(CCc1ccccc1)C[C@@H](C)Nc1cnc(/C=C/C(=O)NOC2CCCCO2)cn1. The first kappa shape index (κ1) is 25.8. The van der Waals surface area contributed by atoms with Crippen LogP contribution in [0.5, 0.6) is 0 Å². The van der Waals surface area contributed by atoms with Gasteiger partial charge in [-0.1, -0.05) is 30.3 Å². The van der Waals surface area contributed by atoms with E-state index in [4.69, 9.17) is 9.57 Å². The lowest BCUT2D eigenvalue weighted by atomic mass is 10.1. The molecule has 2 atom stereocenters. The maximum absolute atomic E-state index is 11.9. The number of aromatic nitrogens is 2. The van der Waals surface area contributed by atoms with E-state index in [-0.39, 0.29) is 18.2 Å². The summed E-state index contributed by atoms with van der Waals surface area (Å²) >= 11 is 0. The second-order valence-corrected chi connectivity index (χ2v) is 8.91. The molecule has 1 amide bonds. The molecule has 1 aliphatic rings. The number of carbonyl (C=O) groups is 1. The number of ether oxygens (including phenoxy) is 1. The molecule has 2 aromatic rings. The molecule has 0 bridgehead atoms. The van der Waals surface area contributed by atoms with Gasteiger partial charge in [0.05, 0.1) is 18.1 Å². The number of amides is 1. The van der Waals surface area contributed by atoms with Crippen LogP contribution in [0.25, 0.3) is 6.08 Å². The van der Waals surface area contributed by atoms with Crippen LogP contribution >= 0.6 is 0 Å². The standard InChI is InChI=1S/C26H37N5O3/c1-20(2)31(15-14-22-9-5-4-6-10-22)19-21(3)29-24-18-27-23(17-28-24)12-13-25(32)30-34-26-11-7-8-16-33-26/h4-6,9-10,12-13,17-18,20-21,26H,7-8,11,14-16,19H2,1-3H3,(H,28,29)(H,30,32)/b13-12+/t21-,26?/m1/s1. The van der Waals surface area contributed by atoms with E-state index in [0.29, 0.717) is 24.2 Å². The lowest BCUT2D eigenvalue weighted by molar-refractivity contribution is -0.198. The summed E-state index contributed by atoms with van der Waals surface area (Å²) in [6.07, 6.45) is 9.80. The highest BCUT2D eigenvalue weighted by Crippen LogP contribution is 2.12. The minimum atomic E-state index is -0.372. The van der Waals surface area contributed by atoms with Gasteiger partial charge in [0, 0.05) is 44.3 Å². The Balaban J connectivity index is 1.42. The molecule has 1 aromatic heterocycles. The van der Waals surface area contributed by atoms with E-state index < -0.39 is 0 Å². The molecule has 1 aliphatic heterocycles. The third-order valence-corrected chi connectivity index (χ3v) is 5.67. The van der Waals surface area contributed by atoms with Gasteiger partial charge in [-0.25, -0.2) is 15.3 Å². The molecule has 34 heavy (non-hydrogen) atoms. The number of benzene rings is 1. The molecule has 184 valence electrons. The lowest BCUT2D eigenvalue weighted by Crippen LogP contribution is -2.40. The van der Waals surface area contributed by atoms with E-state index in [1.807, 2.05) is 0 Å². The Labute approximate surface area is 202 Å². The first-order chi connectivity index (χ1) is 16.5. The van der Waals surface area contributed by atoms with Crippen molar-refractivity contribution < 1.29 is 14.4 Å². The molecule has 2 N–H and O–H groups in total. The third-order valence-electron chi connectivity index (χ3n) is 5.67. The summed E-state index contributed by atoms with van der Waals surface area (Å²) in [6.45, 7) is 9.16. The number of carbonyl (C=O) groups excluding carboxylic acids is 1. The third kappa shape index (κ3) is 9.21. The summed E-state index contributed by atoms with van der Waals surface area (Å²) in [7, 11) is 0. The van der Waals surface area contributed by atoms with Gasteiger partial charge in [0.15, 0.2) is 6.29 Å². The highest BCUT2D eigenvalue weighted by atomic mass is 16.8. The topological polar surface area (TPSA) is 88.6 Å². The van der Waals surface area contributed by atoms with Crippen LogP contribution in [0.3, 0.4) is 0 Å². The van der Waals surface area contributed by atoms with Gasteiger partial charge in [0.25, 0.3) is 5.91 Å². The number of nitrogens with one attached hydrogen (secondary N) is 2. The van der Waals surface area contributed by atoms with Gasteiger partial charge >= 0.3 is 0 Å². The van der Waals surface area contributed by atoms with Gasteiger partial charge in [0.1, 0.15) is 5.82 Å². The summed E-state index contributed by atoms with van der Waals surface area (Å²) in [5.74, 6) is 0.342. The van der Waals surface area contributed by atoms with E-state index in [1.165, 1.54) is 11.6 Å². The zero-order valence-electron chi connectivity index (χ0n) is 20.4. The molecular formula is C26H37N5O3. The fraction of sp³-hybridized carbons (Fsp3) is 0.500. The van der Waals surface area contributed by atoms with Crippen molar-refractivity contribution in [1.29, 1.82) is 0 Å². The van der Waals surface area contributed by atoms with Gasteiger partial charge in [-0.3, -0.25) is 14.7 Å². The molecule has 1 unspecified atom stereocenters. The van der Waals surface area contributed by atoms with E-state index in [1.54, 1.807) is 18.5 Å². The molecule has 1 aromatic carbocycles. The summed E-state index contributed by atoms with van der Waals surface area (Å²) in [6, 6.07) is 11.2. The normalized spacial score (nSPS) is 17.3. The lowest BCUT2D eigenvalue weighted by Gasteiger charge is -2.30. The van der Waals surface area contributed by atoms with Crippen LogP contribution in [0.4, 0.5) is 5.82 Å². The van der Waals surface area contributed by atoms with Gasteiger partial charge in [-0.2, -0.15) is 0 Å². The van der Waals surface area contributed by atoms with Crippen LogP contribution in [-0.2, 0) is 20.8 Å². The smallest absolute Gasteiger partial charge is 0.267 e.